The van der Waals surface area contributed by atoms with Crippen LogP contribution in [-0.4, -0.2) is 24.3 Å². The molecule has 0 aliphatic heterocycles. The van der Waals surface area contributed by atoms with E-state index in [4.69, 9.17) is 20.2 Å². The van der Waals surface area contributed by atoms with Gasteiger partial charge in [0, 0.05) is 0 Å². The SMILES string of the molecule is C=CC(=O)[O-].CC(N)S(=O)(=O)O.[Na+]. The van der Waals surface area contributed by atoms with Crippen LogP contribution in [0, 0.1) is 0 Å². The maximum atomic E-state index is 9.76. The van der Waals surface area contributed by atoms with Gasteiger partial charge in [0.15, 0.2) is 0 Å². The molecule has 1 atom stereocenters. The zero-order chi connectivity index (χ0) is 10.4. The minimum absolute atomic E-state index is 0. The monoisotopic (exact) mass is 219 g/mol. The van der Waals surface area contributed by atoms with Crippen molar-refractivity contribution in [3.8, 4) is 0 Å². The Kier molecular flexibility index (Phi) is 12.5. The number of carbonyl (C=O) groups is 1. The van der Waals surface area contributed by atoms with Gasteiger partial charge in [-0.1, -0.05) is 6.58 Å². The fourth-order valence-electron chi connectivity index (χ4n) is 0. The first-order valence-electron chi connectivity index (χ1n) is 2.77. The summed E-state index contributed by atoms with van der Waals surface area (Å²) in [5.74, 6) is -1.23. The van der Waals surface area contributed by atoms with Gasteiger partial charge in [-0.3, -0.25) is 4.55 Å². The zero-order valence-electron chi connectivity index (χ0n) is 7.43. The number of aliphatic carboxylic acids is 1. The van der Waals surface area contributed by atoms with Crippen LogP contribution < -0.4 is 40.4 Å². The fourth-order valence-corrected chi connectivity index (χ4v) is 0. The van der Waals surface area contributed by atoms with Gasteiger partial charge < -0.3 is 15.6 Å². The Morgan fingerprint density at radius 2 is 1.85 bits per heavy atom. The summed E-state index contributed by atoms with van der Waals surface area (Å²) in [6.45, 7) is 4.09. The molecular weight excluding hydrogens is 209 g/mol. The molecule has 6 nitrogen and oxygen atoms in total. The van der Waals surface area contributed by atoms with Crippen molar-refractivity contribution in [1.82, 2.24) is 0 Å². The molecular formula is C5H10NNaO5S. The largest absolute Gasteiger partial charge is 1.00 e. The third kappa shape index (κ3) is 18.8. The van der Waals surface area contributed by atoms with Crippen LogP contribution in [0.25, 0.3) is 0 Å². The molecule has 13 heavy (non-hydrogen) atoms. The van der Waals surface area contributed by atoms with Crippen LogP contribution in [0.1, 0.15) is 6.92 Å². The molecule has 1 unspecified atom stereocenters. The first kappa shape index (κ1) is 18.8. The Hall–Kier alpha value is 0.0800. The van der Waals surface area contributed by atoms with Gasteiger partial charge in [0.05, 0.1) is 5.97 Å². The van der Waals surface area contributed by atoms with Crippen molar-refractivity contribution in [2.24, 2.45) is 5.73 Å². The normalized spacial score (nSPS) is 11.3. The summed E-state index contributed by atoms with van der Waals surface area (Å²) in [6.07, 6.45) is 0.722. The minimum atomic E-state index is -3.96. The van der Waals surface area contributed by atoms with Gasteiger partial charge >= 0.3 is 29.6 Å². The topological polar surface area (TPSA) is 121 Å². The Labute approximate surface area is 98.9 Å². The maximum absolute atomic E-state index is 9.76. The number of carboxylic acids is 1. The van der Waals surface area contributed by atoms with Crippen LogP contribution in [-0.2, 0) is 14.9 Å². The first-order valence-corrected chi connectivity index (χ1v) is 4.27. The van der Waals surface area contributed by atoms with E-state index >= 15 is 0 Å². The number of hydrogen-bond donors (Lipinski definition) is 2. The molecule has 0 saturated carbocycles. The number of rotatable bonds is 2. The molecule has 0 aliphatic carbocycles. The predicted molar refractivity (Wildman–Crippen MR) is 40.4 cm³/mol. The van der Waals surface area contributed by atoms with Gasteiger partial charge in [-0.05, 0) is 13.0 Å². The summed E-state index contributed by atoms with van der Waals surface area (Å²) in [5.41, 5.74) is 4.73. The van der Waals surface area contributed by atoms with Crippen LogP contribution >= 0.6 is 0 Å². The standard InChI is InChI=1S/C3H4O2.C2H7NO3S.Na/c1-2-3(4)5;1-2(3)7(4,5)6;/h2H,1H2,(H,4,5);2H,3H2,1H3,(H,4,5,6);/q;;+1/p-1. The average molecular weight is 219 g/mol. The molecule has 0 spiro atoms. The van der Waals surface area contributed by atoms with Crippen molar-refractivity contribution in [2.75, 3.05) is 0 Å². The third-order valence-corrected chi connectivity index (χ3v) is 1.58. The summed E-state index contributed by atoms with van der Waals surface area (Å²) in [4.78, 5) is 9.14. The smallest absolute Gasteiger partial charge is 0.545 e. The van der Waals surface area contributed by atoms with Crippen molar-refractivity contribution in [1.29, 1.82) is 0 Å². The van der Waals surface area contributed by atoms with E-state index in [9.17, 15) is 8.42 Å². The molecule has 0 amide bonds. The van der Waals surface area contributed by atoms with Gasteiger partial charge in [0.2, 0.25) is 0 Å². The molecule has 0 aromatic heterocycles. The van der Waals surface area contributed by atoms with Crippen LogP contribution in [0.3, 0.4) is 0 Å². The first-order chi connectivity index (χ1) is 5.21. The van der Waals surface area contributed by atoms with Crippen molar-refractivity contribution in [3.63, 3.8) is 0 Å². The quantitative estimate of drug-likeness (QED) is 0.273. The average Bonchev–Trinajstić information content (AvgIpc) is 1.87. The number of carbonyl (C=O) groups excluding carboxylic acids is 1. The molecule has 0 aliphatic rings. The van der Waals surface area contributed by atoms with E-state index in [0.29, 0.717) is 0 Å². The van der Waals surface area contributed by atoms with Crippen molar-refractivity contribution >= 4 is 16.1 Å². The van der Waals surface area contributed by atoms with Gasteiger partial charge in [-0.15, -0.1) is 0 Å². The Bertz CT molecular complexity index is 248. The molecule has 8 heteroatoms. The Balaban J connectivity index is -0.000000150. The second-order valence-corrected chi connectivity index (χ2v) is 3.52. The van der Waals surface area contributed by atoms with Crippen LogP contribution in [0.15, 0.2) is 12.7 Å². The molecule has 0 fully saturated rings. The van der Waals surface area contributed by atoms with Gasteiger partial charge in [0.1, 0.15) is 5.37 Å². The number of hydrogen-bond acceptors (Lipinski definition) is 5. The van der Waals surface area contributed by atoms with E-state index in [2.05, 4.69) is 6.58 Å². The number of carboxylic acid groups (broad SMARTS) is 1. The molecule has 0 heterocycles. The van der Waals surface area contributed by atoms with Crippen molar-refractivity contribution in [3.05, 3.63) is 12.7 Å². The summed E-state index contributed by atoms with van der Waals surface area (Å²) in [5, 5.41) is 7.97. The molecule has 72 valence electrons. The molecule has 0 rings (SSSR count). The second-order valence-electron chi connectivity index (χ2n) is 1.74. The van der Waals surface area contributed by atoms with E-state index in [1.165, 1.54) is 6.92 Å². The number of nitrogens with two attached hydrogens (primary N) is 1. The Morgan fingerprint density at radius 1 is 1.69 bits per heavy atom. The van der Waals surface area contributed by atoms with E-state index in [-0.39, 0.29) is 29.6 Å². The summed E-state index contributed by atoms with van der Waals surface area (Å²) in [7, 11) is -3.96. The Morgan fingerprint density at radius 3 is 1.85 bits per heavy atom. The molecule has 0 saturated heterocycles. The molecule has 0 aromatic carbocycles. The van der Waals surface area contributed by atoms with E-state index < -0.39 is 21.5 Å². The third-order valence-electron chi connectivity index (χ3n) is 0.636. The van der Waals surface area contributed by atoms with Crippen molar-refractivity contribution < 1.29 is 52.4 Å². The van der Waals surface area contributed by atoms with Gasteiger partial charge in [-0.25, -0.2) is 0 Å². The zero-order valence-corrected chi connectivity index (χ0v) is 10.2. The van der Waals surface area contributed by atoms with E-state index in [1.54, 1.807) is 0 Å². The van der Waals surface area contributed by atoms with Crippen molar-refractivity contribution in [2.45, 2.75) is 12.3 Å². The second kappa shape index (κ2) is 8.67. The fraction of sp³-hybridized carbons (Fsp3) is 0.400. The van der Waals surface area contributed by atoms with Crippen LogP contribution in [0.4, 0.5) is 0 Å². The van der Waals surface area contributed by atoms with E-state index in [1.807, 2.05) is 0 Å². The summed E-state index contributed by atoms with van der Waals surface area (Å²) >= 11 is 0. The van der Waals surface area contributed by atoms with Crippen LogP contribution in [0.5, 0.6) is 0 Å². The van der Waals surface area contributed by atoms with Gasteiger partial charge in [-0.2, -0.15) is 8.42 Å². The predicted octanol–water partition coefficient (Wildman–Crippen LogP) is -4.89. The van der Waals surface area contributed by atoms with Gasteiger partial charge in [0.25, 0.3) is 10.1 Å². The maximum Gasteiger partial charge on any atom is 1.00 e. The molecule has 0 aromatic rings. The molecule has 3 N–H and O–H groups in total. The summed E-state index contributed by atoms with van der Waals surface area (Å²) in [6, 6.07) is 0. The van der Waals surface area contributed by atoms with E-state index in [0.717, 1.165) is 6.08 Å². The molecule has 0 radical (unpaired) electrons. The van der Waals surface area contributed by atoms with Crippen LogP contribution in [0.2, 0.25) is 0 Å². The molecule has 0 bridgehead atoms. The minimum Gasteiger partial charge on any atom is -0.545 e. The summed E-state index contributed by atoms with van der Waals surface area (Å²) < 4.78 is 27.5.